The molecule has 122 valence electrons. The number of rotatable bonds is 5. The molecular weight excluding hydrogens is 258 g/mol. The van der Waals surface area contributed by atoms with Crippen LogP contribution in [0.5, 0.6) is 0 Å². The van der Waals surface area contributed by atoms with Crippen molar-refractivity contribution in [3.8, 4) is 0 Å². The second-order valence-corrected chi connectivity index (χ2v) is 7.51. The highest BCUT2D eigenvalue weighted by atomic mass is 15.3. The van der Waals surface area contributed by atoms with Crippen molar-refractivity contribution in [2.24, 2.45) is 5.92 Å². The molecule has 21 heavy (non-hydrogen) atoms. The summed E-state index contributed by atoms with van der Waals surface area (Å²) in [5.41, 5.74) is 0. The van der Waals surface area contributed by atoms with E-state index in [0.29, 0.717) is 0 Å². The summed E-state index contributed by atoms with van der Waals surface area (Å²) in [6.07, 6.45) is 11.5. The van der Waals surface area contributed by atoms with Crippen LogP contribution in [-0.4, -0.2) is 61.2 Å². The zero-order valence-corrected chi connectivity index (χ0v) is 14.0. The van der Waals surface area contributed by atoms with E-state index in [-0.39, 0.29) is 0 Å². The van der Waals surface area contributed by atoms with Crippen molar-refractivity contribution in [1.29, 1.82) is 0 Å². The fraction of sp³-hybridized carbons (Fsp3) is 1.00. The van der Waals surface area contributed by atoms with Gasteiger partial charge in [0.1, 0.15) is 0 Å². The lowest BCUT2D eigenvalue weighted by molar-refractivity contribution is 0.148. The molecule has 3 heteroatoms. The predicted molar refractivity (Wildman–Crippen MR) is 89.7 cm³/mol. The van der Waals surface area contributed by atoms with Gasteiger partial charge in [0, 0.05) is 25.2 Å². The minimum atomic E-state index is 0.790. The topological polar surface area (TPSA) is 18.5 Å². The van der Waals surface area contributed by atoms with E-state index in [1.807, 2.05) is 0 Å². The van der Waals surface area contributed by atoms with E-state index in [1.165, 1.54) is 84.1 Å². The number of nitrogens with one attached hydrogen (secondary N) is 1. The van der Waals surface area contributed by atoms with Crippen molar-refractivity contribution in [2.45, 2.75) is 70.4 Å². The molecule has 2 aliphatic heterocycles. The highest BCUT2D eigenvalue weighted by Crippen LogP contribution is 2.27. The minimum Gasteiger partial charge on any atom is -0.314 e. The molecule has 3 rings (SSSR count). The summed E-state index contributed by atoms with van der Waals surface area (Å²) in [6, 6.07) is 1.66. The second-order valence-electron chi connectivity index (χ2n) is 7.51. The molecule has 2 heterocycles. The van der Waals surface area contributed by atoms with Crippen LogP contribution in [-0.2, 0) is 0 Å². The number of likely N-dealkylation sites (tertiary alicyclic amines) is 2. The van der Waals surface area contributed by atoms with Gasteiger partial charge in [0.25, 0.3) is 0 Å². The van der Waals surface area contributed by atoms with Gasteiger partial charge in [0.05, 0.1) is 0 Å². The molecule has 2 saturated heterocycles. The van der Waals surface area contributed by atoms with Crippen molar-refractivity contribution in [1.82, 2.24) is 15.1 Å². The maximum atomic E-state index is 3.75. The number of hydrogen-bond donors (Lipinski definition) is 1. The lowest BCUT2D eigenvalue weighted by Crippen LogP contribution is -2.45. The van der Waals surface area contributed by atoms with Gasteiger partial charge in [0.15, 0.2) is 0 Å². The lowest BCUT2D eigenvalue weighted by Gasteiger charge is -2.36. The zero-order valence-electron chi connectivity index (χ0n) is 14.0. The first-order valence-electron chi connectivity index (χ1n) is 9.56. The van der Waals surface area contributed by atoms with Gasteiger partial charge in [-0.15, -0.1) is 0 Å². The molecule has 1 aliphatic carbocycles. The molecular formula is C18H35N3. The van der Waals surface area contributed by atoms with Crippen LogP contribution in [0, 0.1) is 5.92 Å². The molecule has 0 aromatic heterocycles. The van der Waals surface area contributed by atoms with Crippen molar-refractivity contribution >= 4 is 0 Å². The first-order valence-corrected chi connectivity index (χ1v) is 9.56. The molecule has 0 aromatic rings. The first-order chi connectivity index (χ1) is 10.4. The Bertz CT molecular complexity index is 299. The van der Waals surface area contributed by atoms with Gasteiger partial charge in [-0.2, -0.15) is 0 Å². The summed E-state index contributed by atoms with van der Waals surface area (Å²) >= 11 is 0. The number of nitrogens with zero attached hydrogens (tertiary/aromatic N) is 2. The van der Waals surface area contributed by atoms with Gasteiger partial charge in [-0.1, -0.05) is 26.2 Å². The maximum Gasteiger partial charge on any atom is 0.0235 e. The van der Waals surface area contributed by atoms with E-state index in [4.69, 9.17) is 0 Å². The van der Waals surface area contributed by atoms with Gasteiger partial charge in [-0.3, -0.25) is 4.90 Å². The average molecular weight is 293 g/mol. The second kappa shape index (κ2) is 7.94. The smallest absolute Gasteiger partial charge is 0.0235 e. The first kappa shape index (κ1) is 15.8. The van der Waals surface area contributed by atoms with Crippen LogP contribution >= 0.6 is 0 Å². The molecule has 3 fully saturated rings. The van der Waals surface area contributed by atoms with Crippen molar-refractivity contribution < 1.29 is 0 Å². The zero-order chi connectivity index (χ0) is 14.5. The van der Waals surface area contributed by atoms with Crippen LogP contribution in [0.15, 0.2) is 0 Å². The van der Waals surface area contributed by atoms with Gasteiger partial charge < -0.3 is 10.2 Å². The quantitative estimate of drug-likeness (QED) is 0.841. The molecule has 0 aromatic carbocycles. The van der Waals surface area contributed by atoms with E-state index in [1.54, 1.807) is 0 Å². The van der Waals surface area contributed by atoms with Crippen molar-refractivity contribution in [2.75, 3.05) is 39.3 Å². The predicted octanol–water partition coefficient (Wildman–Crippen LogP) is 2.71. The summed E-state index contributed by atoms with van der Waals surface area (Å²) in [4.78, 5) is 5.56. The summed E-state index contributed by atoms with van der Waals surface area (Å²) in [6.45, 7) is 10.2. The van der Waals surface area contributed by atoms with Crippen LogP contribution in [0.1, 0.15) is 58.3 Å². The summed E-state index contributed by atoms with van der Waals surface area (Å²) in [7, 11) is 0. The average Bonchev–Trinajstić information content (AvgIpc) is 2.99. The summed E-state index contributed by atoms with van der Waals surface area (Å²) in [5, 5.41) is 3.75. The van der Waals surface area contributed by atoms with Crippen molar-refractivity contribution in [3.05, 3.63) is 0 Å². The Labute approximate surface area is 131 Å². The van der Waals surface area contributed by atoms with Gasteiger partial charge in [-0.25, -0.2) is 0 Å². The maximum absolute atomic E-state index is 3.75. The van der Waals surface area contributed by atoms with Crippen LogP contribution < -0.4 is 5.32 Å². The Morgan fingerprint density at radius 3 is 2.52 bits per heavy atom. The molecule has 3 nitrogen and oxygen atoms in total. The van der Waals surface area contributed by atoms with Crippen LogP contribution in [0.3, 0.4) is 0 Å². The van der Waals surface area contributed by atoms with Crippen LogP contribution in [0.2, 0.25) is 0 Å². The lowest BCUT2D eigenvalue weighted by atomic mass is 9.84. The highest BCUT2D eigenvalue weighted by molar-refractivity contribution is 4.89. The molecule has 0 bridgehead atoms. The molecule has 0 spiro atoms. The van der Waals surface area contributed by atoms with Gasteiger partial charge >= 0.3 is 0 Å². The van der Waals surface area contributed by atoms with E-state index < -0.39 is 0 Å². The van der Waals surface area contributed by atoms with E-state index in [0.717, 1.165) is 24.5 Å². The summed E-state index contributed by atoms with van der Waals surface area (Å²) in [5.74, 6) is 0.902. The van der Waals surface area contributed by atoms with Gasteiger partial charge in [0.2, 0.25) is 0 Å². The van der Waals surface area contributed by atoms with E-state index >= 15 is 0 Å². The van der Waals surface area contributed by atoms with E-state index in [9.17, 15) is 0 Å². The Morgan fingerprint density at radius 2 is 1.71 bits per heavy atom. The largest absolute Gasteiger partial charge is 0.314 e. The Balaban J connectivity index is 1.46. The monoisotopic (exact) mass is 293 g/mol. The van der Waals surface area contributed by atoms with E-state index in [2.05, 4.69) is 22.0 Å². The van der Waals surface area contributed by atoms with Gasteiger partial charge in [-0.05, 0) is 64.2 Å². The standard InChI is InChI=1S/C18H35N3/c1-2-19-18-9-5-4-8-16(18)14-20-13-10-17(15-20)21-11-6-3-7-12-21/h16-19H,2-15H2,1H3. The molecule has 1 saturated carbocycles. The molecule has 0 amide bonds. The molecule has 3 unspecified atom stereocenters. The Kier molecular flexibility index (Phi) is 5.96. The third kappa shape index (κ3) is 4.20. The fourth-order valence-electron chi connectivity index (χ4n) is 4.85. The fourth-order valence-corrected chi connectivity index (χ4v) is 4.85. The number of piperidine rings is 1. The third-order valence-electron chi connectivity index (χ3n) is 6.02. The Morgan fingerprint density at radius 1 is 0.905 bits per heavy atom. The molecule has 3 aliphatic rings. The third-order valence-corrected chi connectivity index (χ3v) is 6.02. The SMILES string of the molecule is CCNC1CCCCC1CN1CCC(N2CCCCC2)C1. The Hall–Kier alpha value is -0.120. The van der Waals surface area contributed by atoms with Crippen molar-refractivity contribution in [3.63, 3.8) is 0 Å². The minimum absolute atomic E-state index is 0.790. The normalized spacial score (nSPS) is 36.1. The number of hydrogen-bond acceptors (Lipinski definition) is 3. The van der Waals surface area contributed by atoms with Crippen LogP contribution in [0.25, 0.3) is 0 Å². The van der Waals surface area contributed by atoms with Crippen LogP contribution in [0.4, 0.5) is 0 Å². The highest BCUT2D eigenvalue weighted by Gasteiger charge is 2.32. The molecule has 1 N–H and O–H groups in total. The summed E-state index contributed by atoms with van der Waals surface area (Å²) < 4.78 is 0. The molecule has 0 radical (unpaired) electrons. The molecule has 3 atom stereocenters.